The number of nitriles is 1. The molecule has 7 nitrogen and oxygen atoms in total. The molecule has 0 saturated heterocycles. The van der Waals surface area contributed by atoms with Crippen LogP contribution in [0.5, 0.6) is 0 Å². The predicted molar refractivity (Wildman–Crippen MR) is 69.1 cm³/mol. The average molecular weight is 260 g/mol. The van der Waals surface area contributed by atoms with Crippen LogP contribution in [-0.4, -0.2) is 29.7 Å². The third-order valence-corrected chi connectivity index (χ3v) is 1.96. The maximum atomic E-state index is 11.4. The maximum Gasteiger partial charge on any atom is 0.360 e. The summed E-state index contributed by atoms with van der Waals surface area (Å²) in [7, 11) is 0. The molecule has 0 heterocycles. The first-order chi connectivity index (χ1) is 9.21. The van der Waals surface area contributed by atoms with Crippen LogP contribution < -0.4 is 5.43 Å². The molecule has 1 aromatic rings. The van der Waals surface area contributed by atoms with Crippen LogP contribution in [0.1, 0.15) is 12.5 Å². The third-order valence-electron chi connectivity index (χ3n) is 1.96. The topological polar surface area (TPSA) is 107 Å². The number of carbonyl (C=O) groups is 1. The van der Waals surface area contributed by atoms with Crippen LogP contribution in [0.25, 0.3) is 0 Å². The number of benzene rings is 1. The van der Waals surface area contributed by atoms with Gasteiger partial charge in [-0.1, -0.05) is 11.2 Å². The van der Waals surface area contributed by atoms with Gasteiger partial charge in [-0.2, -0.15) is 10.4 Å². The summed E-state index contributed by atoms with van der Waals surface area (Å²) in [5.41, 5.74) is 3.36. The van der Waals surface area contributed by atoms with Gasteiger partial charge in [0.05, 0.1) is 23.9 Å². The Bertz CT molecular complexity index is 546. The van der Waals surface area contributed by atoms with E-state index in [9.17, 15) is 4.79 Å². The van der Waals surface area contributed by atoms with Crippen LogP contribution >= 0.6 is 0 Å². The smallest absolute Gasteiger partial charge is 0.360 e. The number of oxime groups is 1. The lowest BCUT2D eigenvalue weighted by Gasteiger charge is -2.03. The molecular weight excluding hydrogens is 248 g/mol. The number of rotatable bonds is 5. The molecular formula is C12H12N4O3. The highest BCUT2D eigenvalue weighted by Gasteiger charge is 2.10. The first-order valence-electron chi connectivity index (χ1n) is 5.39. The van der Waals surface area contributed by atoms with E-state index < -0.39 is 5.97 Å². The minimum absolute atomic E-state index is 0.182. The lowest BCUT2D eigenvalue weighted by molar-refractivity contribution is -0.134. The fourth-order valence-corrected chi connectivity index (χ4v) is 1.17. The third kappa shape index (κ3) is 4.47. The Morgan fingerprint density at radius 1 is 1.63 bits per heavy atom. The fraction of sp³-hybridized carbons (Fsp3) is 0.167. The number of nitrogens with zero attached hydrogens (tertiary/aromatic N) is 3. The molecule has 19 heavy (non-hydrogen) atoms. The number of carbonyl (C=O) groups excluding carboxylic acids is 1. The number of ether oxygens (including phenoxy) is 1. The Morgan fingerprint density at radius 2 is 2.42 bits per heavy atom. The molecule has 98 valence electrons. The Balaban J connectivity index is 2.86. The SMILES string of the molecule is CCOC(=O)C(/C=N/O)=N\Nc1cccc(C#N)c1. The molecule has 2 N–H and O–H groups in total. The van der Waals surface area contributed by atoms with Gasteiger partial charge in [0, 0.05) is 0 Å². The van der Waals surface area contributed by atoms with E-state index in [-0.39, 0.29) is 12.3 Å². The molecule has 1 aromatic carbocycles. The van der Waals surface area contributed by atoms with Crippen LogP contribution in [0.4, 0.5) is 5.69 Å². The van der Waals surface area contributed by atoms with E-state index in [1.165, 1.54) is 0 Å². The second-order valence-electron chi connectivity index (χ2n) is 3.27. The molecule has 1 rings (SSSR count). The summed E-state index contributed by atoms with van der Waals surface area (Å²) < 4.78 is 4.73. The molecule has 0 radical (unpaired) electrons. The molecule has 0 aliphatic carbocycles. The Labute approximate surface area is 109 Å². The summed E-state index contributed by atoms with van der Waals surface area (Å²) in [6.07, 6.45) is 0.860. The highest BCUT2D eigenvalue weighted by Crippen LogP contribution is 2.09. The van der Waals surface area contributed by atoms with E-state index in [0.29, 0.717) is 11.3 Å². The number of anilines is 1. The minimum atomic E-state index is -0.718. The molecule has 0 atom stereocenters. The quantitative estimate of drug-likeness (QED) is 0.359. The van der Waals surface area contributed by atoms with Crippen molar-refractivity contribution in [2.24, 2.45) is 10.3 Å². The molecule has 0 spiro atoms. The zero-order valence-electron chi connectivity index (χ0n) is 10.2. The van der Waals surface area contributed by atoms with Crippen molar-refractivity contribution in [1.29, 1.82) is 5.26 Å². The van der Waals surface area contributed by atoms with Crippen molar-refractivity contribution >= 4 is 23.6 Å². The highest BCUT2D eigenvalue weighted by atomic mass is 16.5. The predicted octanol–water partition coefficient (Wildman–Crippen LogP) is 1.35. The Hall–Kier alpha value is -2.88. The van der Waals surface area contributed by atoms with Crippen LogP contribution in [0, 0.1) is 11.3 Å². The average Bonchev–Trinajstić information content (AvgIpc) is 2.44. The van der Waals surface area contributed by atoms with Gasteiger partial charge in [-0.3, -0.25) is 5.43 Å². The van der Waals surface area contributed by atoms with Crippen LogP contribution in [0.2, 0.25) is 0 Å². The van der Waals surface area contributed by atoms with Gasteiger partial charge in [-0.15, -0.1) is 0 Å². The van der Waals surface area contributed by atoms with Gasteiger partial charge in [-0.05, 0) is 25.1 Å². The number of hydrogen-bond donors (Lipinski definition) is 2. The summed E-state index contributed by atoms with van der Waals surface area (Å²) >= 11 is 0. The van der Waals surface area contributed by atoms with Gasteiger partial charge < -0.3 is 9.94 Å². The molecule has 0 aliphatic rings. The summed E-state index contributed by atoms with van der Waals surface area (Å²) in [5, 5.41) is 23.7. The summed E-state index contributed by atoms with van der Waals surface area (Å²) in [6.45, 7) is 1.83. The zero-order chi connectivity index (χ0) is 14.1. The number of hydrogen-bond acceptors (Lipinski definition) is 7. The molecule has 0 amide bonds. The standard InChI is InChI=1S/C12H12N4O3/c1-2-19-12(17)11(8-14-18)16-15-10-5-3-4-9(6-10)7-13/h3-6,8,15,18H,2H2,1H3/b14-8+,16-11-. The van der Waals surface area contributed by atoms with E-state index in [1.807, 2.05) is 6.07 Å². The normalized spacial score (nSPS) is 11.1. The second kappa shape index (κ2) is 7.45. The van der Waals surface area contributed by atoms with E-state index in [4.69, 9.17) is 15.2 Å². The molecule has 7 heteroatoms. The van der Waals surface area contributed by atoms with Crippen molar-refractivity contribution in [3.05, 3.63) is 29.8 Å². The highest BCUT2D eigenvalue weighted by molar-refractivity contribution is 6.59. The van der Waals surface area contributed by atoms with Crippen LogP contribution in [0.15, 0.2) is 34.5 Å². The van der Waals surface area contributed by atoms with E-state index in [2.05, 4.69) is 15.7 Å². The lowest BCUT2D eigenvalue weighted by atomic mass is 10.2. The van der Waals surface area contributed by atoms with E-state index >= 15 is 0 Å². The van der Waals surface area contributed by atoms with Gasteiger partial charge in [0.25, 0.3) is 0 Å². The largest absolute Gasteiger partial charge is 0.461 e. The molecule has 0 aliphatic heterocycles. The van der Waals surface area contributed by atoms with Crippen molar-refractivity contribution in [1.82, 2.24) is 0 Å². The van der Waals surface area contributed by atoms with E-state index in [0.717, 1.165) is 6.21 Å². The van der Waals surface area contributed by atoms with Crippen molar-refractivity contribution in [2.45, 2.75) is 6.92 Å². The minimum Gasteiger partial charge on any atom is -0.461 e. The molecule has 0 unspecified atom stereocenters. The molecule has 0 bridgehead atoms. The Morgan fingerprint density at radius 3 is 3.05 bits per heavy atom. The van der Waals surface area contributed by atoms with Crippen molar-refractivity contribution in [3.63, 3.8) is 0 Å². The first-order valence-corrected chi connectivity index (χ1v) is 5.39. The number of nitrogens with one attached hydrogen (secondary N) is 1. The van der Waals surface area contributed by atoms with Gasteiger partial charge in [0.15, 0.2) is 5.71 Å². The van der Waals surface area contributed by atoms with Crippen LogP contribution in [-0.2, 0) is 9.53 Å². The summed E-state index contributed by atoms with van der Waals surface area (Å²) in [4.78, 5) is 11.4. The van der Waals surface area contributed by atoms with Gasteiger partial charge >= 0.3 is 5.97 Å². The van der Waals surface area contributed by atoms with Crippen LogP contribution in [0.3, 0.4) is 0 Å². The second-order valence-corrected chi connectivity index (χ2v) is 3.27. The van der Waals surface area contributed by atoms with Gasteiger partial charge in [0.2, 0.25) is 0 Å². The lowest BCUT2D eigenvalue weighted by Crippen LogP contribution is -2.20. The monoisotopic (exact) mass is 260 g/mol. The zero-order valence-corrected chi connectivity index (χ0v) is 10.2. The summed E-state index contributed by atoms with van der Waals surface area (Å²) in [5.74, 6) is -0.718. The first kappa shape index (κ1) is 14.2. The number of hydrazone groups is 1. The van der Waals surface area contributed by atoms with Crippen molar-refractivity contribution < 1.29 is 14.7 Å². The fourth-order valence-electron chi connectivity index (χ4n) is 1.17. The molecule has 0 aromatic heterocycles. The maximum absolute atomic E-state index is 11.4. The molecule has 0 fully saturated rings. The van der Waals surface area contributed by atoms with Crippen molar-refractivity contribution in [3.8, 4) is 6.07 Å². The number of esters is 1. The van der Waals surface area contributed by atoms with Crippen molar-refractivity contribution in [2.75, 3.05) is 12.0 Å². The van der Waals surface area contributed by atoms with E-state index in [1.54, 1.807) is 31.2 Å². The Kier molecular flexibility index (Phi) is 5.56. The van der Waals surface area contributed by atoms with Gasteiger partial charge in [0.1, 0.15) is 6.21 Å². The van der Waals surface area contributed by atoms with Gasteiger partial charge in [-0.25, -0.2) is 4.79 Å². The summed E-state index contributed by atoms with van der Waals surface area (Å²) in [6, 6.07) is 8.51. The molecule has 0 saturated carbocycles.